The summed E-state index contributed by atoms with van der Waals surface area (Å²) in [6.07, 6.45) is 6.42. The molecule has 3 aromatic rings. The number of methoxy groups -OCH3 is 1. The van der Waals surface area contributed by atoms with Gasteiger partial charge in [-0.05, 0) is 25.0 Å². The number of nitrogens with zero attached hydrogens (tertiary/aromatic N) is 5. The van der Waals surface area contributed by atoms with Crippen molar-refractivity contribution < 1.29 is 9.26 Å². The Morgan fingerprint density at radius 3 is 3.14 bits per heavy atom. The van der Waals surface area contributed by atoms with E-state index in [1.54, 1.807) is 11.6 Å². The Kier molecular flexibility index (Phi) is 2.75. The van der Waals surface area contributed by atoms with Gasteiger partial charge in [0.2, 0.25) is 11.7 Å². The fraction of sp³-hybridized carbons (Fsp3) is 0.429. The van der Waals surface area contributed by atoms with Crippen LogP contribution in [0.15, 0.2) is 29.2 Å². The standard InChI is InChI=1S/C14H15N5O2/c1-20-8-14(4-5-14)7-11-17-12(18-21-11)10-3-2-6-19-13(10)15-9-16-19/h2-3,6,9H,4-5,7-8H2,1H3. The molecule has 7 heteroatoms. The van der Waals surface area contributed by atoms with Gasteiger partial charge in [0.05, 0.1) is 12.2 Å². The van der Waals surface area contributed by atoms with Crippen LogP contribution in [0, 0.1) is 5.41 Å². The molecular formula is C14H15N5O2. The summed E-state index contributed by atoms with van der Waals surface area (Å²) in [6.45, 7) is 0.741. The van der Waals surface area contributed by atoms with Crippen LogP contribution in [0.25, 0.3) is 17.0 Å². The van der Waals surface area contributed by atoms with Crippen molar-refractivity contribution in [1.82, 2.24) is 24.7 Å². The van der Waals surface area contributed by atoms with Gasteiger partial charge in [-0.15, -0.1) is 0 Å². The van der Waals surface area contributed by atoms with E-state index >= 15 is 0 Å². The van der Waals surface area contributed by atoms with Crippen molar-refractivity contribution in [2.75, 3.05) is 13.7 Å². The van der Waals surface area contributed by atoms with Crippen LogP contribution in [-0.2, 0) is 11.2 Å². The van der Waals surface area contributed by atoms with Crippen molar-refractivity contribution in [2.24, 2.45) is 5.41 Å². The SMILES string of the molecule is COCC1(Cc2nc(-c3cccn4ncnc34)no2)CC1. The molecule has 1 fully saturated rings. The van der Waals surface area contributed by atoms with E-state index in [0.29, 0.717) is 11.7 Å². The van der Waals surface area contributed by atoms with Crippen molar-refractivity contribution in [2.45, 2.75) is 19.3 Å². The van der Waals surface area contributed by atoms with Crippen molar-refractivity contribution in [3.63, 3.8) is 0 Å². The van der Waals surface area contributed by atoms with E-state index in [9.17, 15) is 0 Å². The fourth-order valence-electron chi connectivity index (χ4n) is 2.63. The second-order valence-corrected chi connectivity index (χ2v) is 5.57. The molecule has 4 rings (SSSR count). The molecule has 0 atom stereocenters. The first-order valence-corrected chi connectivity index (χ1v) is 6.90. The van der Waals surface area contributed by atoms with Crippen LogP contribution >= 0.6 is 0 Å². The quantitative estimate of drug-likeness (QED) is 0.710. The topological polar surface area (TPSA) is 78.3 Å². The molecule has 0 amide bonds. The Balaban J connectivity index is 1.64. The van der Waals surface area contributed by atoms with Gasteiger partial charge >= 0.3 is 0 Å². The first-order chi connectivity index (χ1) is 10.3. The maximum atomic E-state index is 5.39. The third-order valence-corrected chi connectivity index (χ3v) is 3.95. The summed E-state index contributed by atoms with van der Waals surface area (Å²) in [5, 5.41) is 8.19. The highest BCUT2D eigenvalue weighted by molar-refractivity contribution is 5.71. The molecule has 0 bridgehead atoms. The summed E-state index contributed by atoms with van der Waals surface area (Å²) >= 11 is 0. The van der Waals surface area contributed by atoms with Gasteiger partial charge in [-0.3, -0.25) is 0 Å². The second-order valence-electron chi connectivity index (χ2n) is 5.57. The summed E-state index contributed by atoms with van der Waals surface area (Å²) in [6, 6.07) is 3.81. The molecule has 0 unspecified atom stereocenters. The first kappa shape index (κ1) is 12.5. The zero-order chi connectivity index (χ0) is 14.3. The lowest BCUT2D eigenvalue weighted by atomic mass is 10.0. The molecule has 0 spiro atoms. The zero-order valence-corrected chi connectivity index (χ0v) is 11.7. The molecule has 21 heavy (non-hydrogen) atoms. The highest BCUT2D eigenvalue weighted by Crippen LogP contribution is 2.48. The maximum Gasteiger partial charge on any atom is 0.227 e. The largest absolute Gasteiger partial charge is 0.384 e. The molecule has 3 heterocycles. The molecule has 0 aromatic carbocycles. The molecular weight excluding hydrogens is 270 g/mol. The first-order valence-electron chi connectivity index (χ1n) is 6.90. The molecule has 1 saturated carbocycles. The molecule has 108 valence electrons. The summed E-state index contributed by atoms with van der Waals surface area (Å²) in [4.78, 5) is 8.73. The van der Waals surface area contributed by atoms with Crippen LogP contribution in [0.5, 0.6) is 0 Å². The van der Waals surface area contributed by atoms with E-state index < -0.39 is 0 Å². The van der Waals surface area contributed by atoms with E-state index in [-0.39, 0.29) is 5.41 Å². The van der Waals surface area contributed by atoms with Gasteiger partial charge in [0.1, 0.15) is 6.33 Å². The monoisotopic (exact) mass is 285 g/mol. The third-order valence-electron chi connectivity index (χ3n) is 3.95. The van der Waals surface area contributed by atoms with Gasteiger partial charge in [-0.1, -0.05) is 5.16 Å². The predicted molar refractivity (Wildman–Crippen MR) is 73.5 cm³/mol. The second kappa shape index (κ2) is 4.63. The van der Waals surface area contributed by atoms with E-state index in [1.807, 2.05) is 18.3 Å². The minimum Gasteiger partial charge on any atom is -0.384 e. The summed E-state index contributed by atoms with van der Waals surface area (Å²) in [5.41, 5.74) is 1.74. The Bertz CT molecular complexity index is 774. The lowest BCUT2D eigenvalue weighted by Crippen LogP contribution is -2.12. The molecule has 7 nitrogen and oxygen atoms in total. The molecule has 1 aliphatic carbocycles. The number of aromatic nitrogens is 5. The number of hydrogen-bond acceptors (Lipinski definition) is 6. The maximum absolute atomic E-state index is 5.39. The minimum atomic E-state index is 0.194. The van der Waals surface area contributed by atoms with Gasteiger partial charge in [-0.25, -0.2) is 9.50 Å². The van der Waals surface area contributed by atoms with Crippen molar-refractivity contribution >= 4 is 5.65 Å². The normalized spacial score (nSPS) is 16.4. The van der Waals surface area contributed by atoms with Crippen molar-refractivity contribution in [1.29, 1.82) is 0 Å². The fourth-order valence-corrected chi connectivity index (χ4v) is 2.63. The number of pyridine rings is 1. The van der Waals surface area contributed by atoms with E-state index in [2.05, 4.69) is 20.2 Å². The Morgan fingerprint density at radius 1 is 1.43 bits per heavy atom. The van der Waals surface area contributed by atoms with E-state index in [1.165, 1.54) is 6.33 Å². The predicted octanol–water partition coefficient (Wildman–Crippen LogP) is 1.75. The zero-order valence-electron chi connectivity index (χ0n) is 11.7. The smallest absolute Gasteiger partial charge is 0.227 e. The van der Waals surface area contributed by atoms with Crippen LogP contribution in [0.2, 0.25) is 0 Å². The van der Waals surface area contributed by atoms with Gasteiger partial charge in [0.25, 0.3) is 0 Å². The highest BCUT2D eigenvalue weighted by Gasteiger charge is 2.44. The van der Waals surface area contributed by atoms with Crippen LogP contribution in [0.3, 0.4) is 0 Å². The van der Waals surface area contributed by atoms with Crippen LogP contribution < -0.4 is 0 Å². The number of hydrogen-bond donors (Lipinski definition) is 0. The molecule has 0 N–H and O–H groups in total. The van der Waals surface area contributed by atoms with Crippen molar-refractivity contribution in [3.8, 4) is 11.4 Å². The third kappa shape index (κ3) is 2.19. The molecule has 0 radical (unpaired) electrons. The van der Waals surface area contributed by atoms with Crippen LogP contribution in [-0.4, -0.2) is 38.5 Å². The van der Waals surface area contributed by atoms with E-state index in [0.717, 1.165) is 37.1 Å². The molecule has 1 aliphatic rings. The highest BCUT2D eigenvalue weighted by atomic mass is 16.5. The van der Waals surface area contributed by atoms with Gasteiger partial charge in [0, 0.05) is 25.1 Å². The van der Waals surface area contributed by atoms with Crippen LogP contribution in [0.4, 0.5) is 0 Å². The lowest BCUT2D eigenvalue weighted by molar-refractivity contribution is 0.135. The number of ether oxygens (including phenoxy) is 1. The van der Waals surface area contributed by atoms with Gasteiger partial charge in [0.15, 0.2) is 5.65 Å². The summed E-state index contributed by atoms with van der Waals surface area (Å²) < 4.78 is 12.4. The number of rotatable bonds is 5. The Morgan fingerprint density at radius 2 is 2.33 bits per heavy atom. The van der Waals surface area contributed by atoms with Gasteiger partial charge < -0.3 is 9.26 Å². The van der Waals surface area contributed by atoms with E-state index in [4.69, 9.17) is 9.26 Å². The average molecular weight is 285 g/mol. The minimum absolute atomic E-state index is 0.194. The lowest BCUT2D eigenvalue weighted by Gasteiger charge is -2.09. The van der Waals surface area contributed by atoms with Gasteiger partial charge in [-0.2, -0.15) is 10.1 Å². The Hall–Kier alpha value is -2.28. The summed E-state index contributed by atoms with van der Waals surface area (Å²) in [5.74, 6) is 1.21. The Labute approximate surface area is 120 Å². The summed E-state index contributed by atoms with van der Waals surface area (Å²) in [7, 11) is 1.73. The average Bonchev–Trinajstić information content (AvgIpc) is 2.92. The molecule has 0 saturated heterocycles. The van der Waals surface area contributed by atoms with Crippen LogP contribution in [0.1, 0.15) is 18.7 Å². The van der Waals surface area contributed by atoms with Crippen molar-refractivity contribution in [3.05, 3.63) is 30.5 Å². The molecule has 0 aliphatic heterocycles. The number of fused-ring (bicyclic) bond motifs is 1. The molecule has 3 aromatic heterocycles.